The zero-order valence-electron chi connectivity index (χ0n) is 13.8. The van der Waals surface area contributed by atoms with Crippen LogP contribution in [0.2, 0.25) is 0 Å². The van der Waals surface area contributed by atoms with E-state index in [0.717, 1.165) is 44.5 Å². The Bertz CT molecular complexity index is 492. The Balaban J connectivity index is 0.000000924. The summed E-state index contributed by atoms with van der Waals surface area (Å²) in [4.78, 5) is 8.69. The fourth-order valence-corrected chi connectivity index (χ4v) is 3.39. The molecule has 1 aromatic rings. The second-order valence-electron chi connectivity index (χ2n) is 5.76. The molecule has 0 radical (unpaired) electrons. The van der Waals surface area contributed by atoms with Crippen LogP contribution in [0.4, 0.5) is 19.0 Å². The molecule has 2 aliphatic rings. The molecule has 3 rings (SSSR count). The highest BCUT2D eigenvalue weighted by molar-refractivity contribution is 5.43. The van der Waals surface area contributed by atoms with E-state index in [-0.39, 0.29) is 5.75 Å². The van der Waals surface area contributed by atoms with Crippen molar-refractivity contribution in [3.05, 3.63) is 18.3 Å². The van der Waals surface area contributed by atoms with Gasteiger partial charge in [0.15, 0.2) is 0 Å². The molecule has 0 aliphatic carbocycles. The molecule has 2 unspecified atom stereocenters. The molecule has 2 aliphatic heterocycles. The molecule has 2 saturated heterocycles. The van der Waals surface area contributed by atoms with Gasteiger partial charge in [-0.25, -0.2) is 4.98 Å². The minimum Gasteiger partial charge on any atom is -0.404 e. The number of piperidine rings is 1. The number of hydrogen-bond acceptors (Lipinski definition) is 4. The van der Waals surface area contributed by atoms with Gasteiger partial charge in [0.1, 0.15) is 11.6 Å². The molecule has 0 bridgehead atoms. The molecule has 7 heteroatoms. The summed E-state index contributed by atoms with van der Waals surface area (Å²) in [5.41, 5.74) is 0. The molecule has 1 aromatic heterocycles. The second-order valence-corrected chi connectivity index (χ2v) is 5.76. The molecule has 2 fully saturated rings. The summed E-state index contributed by atoms with van der Waals surface area (Å²) >= 11 is 0. The van der Waals surface area contributed by atoms with E-state index < -0.39 is 6.36 Å². The summed E-state index contributed by atoms with van der Waals surface area (Å²) in [5, 5.41) is 0. The minimum absolute atomic E-state index is 0.273. The van der Waals surface area contributed by atoms with Gasteiger partial charge in [0.2, 0.25) is 0 Å². The molecule has 0 saturated carbocycles. The van der Waals surface area contributed by atoms with Crippen LogP contribution in [-0.2, 0) is 0 Å². The maximum Gasteiger partial charge on any atom is 0.573 e. The van der Waals surface area contributed by atoms with Crippen molar-refractivity contribution in [3.8, 4) is 5.75 Å². The van der Waals surface area contributed by atoms with Gasteiger partial charge in [-0.2, -0.15) is 0 Å². The molecule has 0 spiro atoms. The Kier molecular flexibility index (Phi) is 5.73. The van der Waals surface area contributed by atoms with E-state index in [4.69, 9.17) is 0 Å². The van der Waals surface area contributed by atoms with Crippen LogP contribution >= 0.6 is 0 Å². The van der Waals surface area contributed by atoms with Crippen LogP contribution in [-0.4, -0.2) is 49.0 Å². The Hall–Kier alpha value is -1.50. The predicted molar refractivity (Wildman–Crippen MR) is 83.6 cm³/mol. The molecule has 2 atom stereocenters. The minimum atomic E-state index is -4.67. The van der Waals surface area contributed by atoms with Gasteiger partial charge in [0, 0.05) is 19.1 Å². The van der Waals surface area contributed by atoms with Gasteiger partial charge in [-0.1, -0.05) is 13.8 Å². The standard InChI is InChI=1S/C14H18F3N3O.C2H6/c1-19-6-5-12-10(9-19)4-7-20(12)13-3-2-11(8-18-13)21-14(15,16)17;1-2/h2-3,8,10,12H,4-7,9H2,1H3;1-2H3. The first-order valence-electron chi connectivity index (χ1n) is 8.09. The van der Waals surface area contributed by atoms with Crippen LogP contribution < -0.4 is 9.64 Å². The number of pyridine rings is 1. The molecule has 0 aromatic carbocycles. The van der Waals surface area contributed by atoms with Crippen LogP contribution in [0, 0.1) is 5.92 Å². The molecular formula is C16H24F3N3O. The molecule has 0 amide bonds. The SMILES string of the molecule is CC.CN1CCC2C(CCN2c2ccc(OC(F)(F)F)cn2)C1. The number of rotatable bonds is 2. The normalized spacial score (nSPS) is 24.7. The molecule has 4 nitrogen and oxygen atoms in total. The fraction of sp³-hybridized carbons (Fsp3) is 0.688. The van der Waals surface area contributed by atoms with Crippen molar-refractivity contribution in [1.82, 2.24) is 9.88 Å². The van der Waals surface area contributed by atoms with Crippen LogP contribution in [0.15, 0.2) is 18.3 Å². The molecular weight excluding hydrogens is 307 g/mol. The lowest BCUT2D eigenvalue weighted by atomic mass is 9.93. The lowest BCUT2D eigenvalue weighted by Crippen LogP contribution is -2.44. The maximum atomic E-state index is 12.1. The number of ether oxygens (including phenoxy) is 1. The third-order valence-corrected chi connectivity index (χ3v) is 4.29. The number of halogens is 3. The number of alkyl halides is 3. The zero-order valence-corrected chi connectivity index (χ0v) is 13.8. The Morgan fingerprint density at radius 3 is 2.52 bits per heavy atom. The monoisotopic (exact) mass is 331 g/mol. The Morgan fingerprint density at radius 1 is 1.17 bits per heavy atom. The average Bonchev–Trinajstić information content (AvgIpc) is 2.91. The summed E-state index contributed by atoms with van der Waals surface area (Å²) in [6.45, 7) is 7.04. The van der Waals surface area contributed by atoms with E-state index in [1.165, 1.54) is 6.07 Å². The van der Waals surface area contributed by atoms with E-state index in [0.29, 0.717) is 12.0 Å². The first-order valence-corrected chi connectivity index (χ1v) is 8.09. The second kappa shape index (κ2) is 7.38. The Labute approximate surface area is 135 Å². The van der Waals surface area contributed by atoms with Crippen molar-refractivity contribution < 1.29 is 17.9 Å². The third-order valence-electron chi connectivity index (χ3n) is 4.29. The maximum absolute atomic E-state index is 12.1. The molecule has 130 valence electrons. The largest absolute Gasteiger partial charge is 0.573 e. The summed E-state index contributed by atoms with van der Waals surface area (Å²) in [5.74, 6) is 1.09. The smallest absolute Gasteiger partial charge is 0.404 e. The quantitative estimate of drug-likeness (QED) is 0.829. The van der Waals surface area contributed by atoms with Crippen molar-refractivity contribution in [2.75, 3.05) is 31.6 Å². The predicted octanol–water partition coefficient (Wildman–Crippen LogP) is 3.54. The van der Waals surface area contributed by atoms with Crippen LogP contribution in [0.5, 0.6) is 5.75 Å². The average molecular weight is 331 g/mol. The summed E-state index contributed by atoms with van der Waals surface area (Å²) < 4.78 is 40.3. The molecule has 23 heavy (non-hydrogen) atoms. The van der Waals surface area contributed by atoms with Gasteiger partial charge in [-0.3, -0.25) is 0 Å². The first-order chi connectivity index (χ1) is 10.9. The van der Waals surface area contributed by atoms with Gasteiger partial charge in [0.25, 0.3) is 0 Å². The highest BCUT2D eigenvalue weighted by Crippen LogP contribution is 2.34. The number of anilines is 1. The van der Waals surface area contributed by atoms with Crippen LogP contribution in [0.3, 0.4) is 0 Å². The van der Waals surface area contributed by atoms with Crippen LogP contribution in [0.1, 0.15) is 26.7 Å². The van der Waals surface area contributed by atoms with Gasteiger partial charge >= 0.3 is 6.36 Å². The van der Waals surface area contributed by atoms with Gasteiger partial charge in [-0.15, -0.1) is 13.2 Å². The fourth-order valence-electron chi connectivity index (χ4n) is 3.39. The highest BCUT2D eigenvalue weighted by atomic mass is 19.4. The Morgan fingerprint density at radius 2 is 1.91 bits per heavy atom. The highest BCUT2D eigenvalue weighted by Gasteiger charge is 2.38. The number of nitrogens with zero attached hydrogens (tertiary/aromatic N) is 3. The zero-order chi connectivity index (χ0) is 17.0. The van der Waals surface area contributed by atoms with E-state index in [2.05, 4.69) is 26.6 Å². The summed E-state index contributed by atoms with van der Waals surface area (Å²) in [7, 11) is 2.13. The van der Waals surface area contributed by atoms with Crippen molar-refractivity contribution >= 4 is 5.82 Å². The van der Waals surface area contributed by atoms with E-state index in [1.54, 1.807) is 6.07 Å². The van der Waals surface area contributed by atoms with Crippen molar-refractivity contribution in [2.45, 2.75) is 39.1 Å². The molecule has 0 N–H and O–H groups in total. The van der Waals surface area contributed by atoms with Crippen LogP contribution in [0.25, 0.3) is 0 Å². The topological polar surface area (TPSA) is 28.6 Å². The van der Waals surface area contributed by atoms with E-state index in [9.17, 15) is 13.2 Å². The third kappa shape index (κ3) is 4.50. The van der Waals surface area contributed by atoms with Gasteiger partial charge in [-0.05, 0) is 44.5 Å². The lowest BCUT2D eigenvalue weighted by molar-refractivity contribution is -0.274. The number of aromatic nitrogens is 1. The number of fused-ring (bicyclic) bond motifs is 1. The first kappa shape index (κ1) is 17.8. The molecule has 3 heterocycles. The number of hydrogen-bond donors (Lipinski definition) is 0. The van der Waals surface area contributed by atoms with Gasteiger partial charge < -0.3 is 14.5 Å². The summed E-state index contributed by atoms with van der Waals surface area (Å²) in [6.07, 6.45) is -1.35. The van der Waals surface area contributed by atoms with Crippen molar-refractivity contribution in [2.24, 2.45) is 5.92 Å². The van der Waals surface area contributed by atoms with Crippen molar-refractivity contribution in [1.29, 1.82) is 0 Å². The van der Waals surface area contributed by atoms with Gasteiger partial charge in [0.05, 0.1) is 6.20 Å². The lowest BCUT2D eigenvalue weighted by Gasteiger charge is -2.36. The number of likely N-dealkylation sites (tertiary alicyclic amines) is 1. The van der Waals surface area contributed by atoms with E-state index >= 15 is 0 Å². The van der Waals surface area contributed by atoms with Crippen molar-refractivity contribution in [3.63, 3.8) is 0 Å². The summed E-state index contributed by atoms with van der Waals surface area (Å²) in [6, 6.07) is 3.39. The van der Waals surface area contributed by atoms with E-state index in [1.807, 2.05) is 13.8 Å².